The molecule has 3 rings (SSSR count). The van der Waals surface area contributed by atoms with Gasteiger partial charge in [-0.05, 0) is 13.8 Å². The van der Waals surface area contributed by atoms with Gasteiger partial charge in [-0.2, -0.15) is 0 Å². The van der Waals surface area contributed by atoms with Crippen LogP contribution in [0, 0.1) is 0 Å². The van der Waals surface area contributed by atoms with E-state index in [2.05, 4.69) is 28.9 Å². The van der Waals surface area contributed by atoms with Crippen molar-refractivity contribution in [3.8, 4) is 10.6 Å². The molecule has 0 saturated carbocycles. The number of aromatic nitrogens is 2. The first-order chi connectivity index (χ1) is 9.56. The summed E-state index contributed by atoms with van der Waals surface area (Å²) in [6.45, 7) is 5.66. The second-order valence-electron chi connectivity index (χ2n) is 5.49. The molecule has 0 amide bonds. The third kappa shape index (κ3) is 2.62. The largest absolute Gasteiger partial charge is 0.344 e. The number of hydrogen-bond acceptors (Lipinski definition) is 5. The first-order valence-electron chi connectivity index (χ1n) is 6.59. The van der Waals surface area contributed by atoms with Crippen molar-refractivity contribution in [3.63, 3.8) is 0 Å². The molecule has 1 aromatic heterocycles. The third-order valence-electron chi connectivity index (χ3n) is 3.44. The van der Waals surface area contributed by atoms with Gasteiger partial charge < -0.3 is 4.90 Å². The third-order valence-corrected chi connectivity index (χ3v) is 6.39. The van der Waals surface area contributed by atoms with Gasteiger partial charge in [-0.25, -0.2) is 0 Å². The van der Waals surface area contributed by atoms with Crippen molar-refractivity contribution in [1.29, 1.82) is 0 Å². The molecule has 2 heterocycles. The Balaban J connectivity index is 1.83. The fourth-order valence-electron chi connectivity index (χ4n) is 2.28. The molecule has 1 aliphatic heterocycles. The van der Waals surface area contributed by atoms with Gasteiger partial charge in [0, 0.05) is 35.2 Å². The fourth-order valence-corrected chi connectivity index (χ4v) is 4.40. The van der Waals surface area contributed by atoms with E-state index in [0.717, 1.165) is 28.8 Å². The van der Waals surface area contributed by atoms with E-state index in [0.29, 0.717) is 5.75 Å². The molecule has 1 aromatic carbocycles. The van der Waals surface area contributed by atoms with Crippen LogP contribution in [0.25, 0.3) is 10.6 Å². The molecule has 106 valence electrons. The second kappa shape index (κ2) is 5.26. The van der Waals surface area contributed by atoms with Crippen molar-refractivity contribution >= 4 is 27.3 Å². The number of rotatable bonds is 2. The summed E-state index contributed by atoms with van der Waals surface area (Å²) >= 11 is 1.60. The van der Waals surface area contributed by atoms with E-state index in [1.807, 2.05) is 30.3 Å². The Kier molecular flexibility index (Phi) is 3.60. The van der Waals surface area contributed by atoms with Crippen molar-refractivity contribution in [3.05, 3.63) is 30.3 Å². The van der Waals surface area contributed by atoms with Gasteiger partial charge in [0.25, 0.3) is 0 Å². The zero-order valence-electron chi connectivity index (χ0n) is 11.6. The highest BCUT2D eigenvalue weighted by Gasteiger charge is 2.34. The molecule has 4 nitrogen and oxygen atoms in total. The average molecular weight is 307 g/mol. The van der Waals surface area contributed by atoms with Crippen LogP contribution in [0.15, 0.2) is 30.3 Å². The van der Waals surface area contributed by atoms with Gasteiger partial charge >= 0.3 is 0 Å². The minimum absolute atomic E-state index is 0.184. The van der Waals surface area contributed by atoms with E-state index >= 15 is 0 Å². The zero-order valence-corrected chi connectivity index (χ0v) is 13.2. The summed E-state index contributed by atoms with van der Waals surface area (Å²) in [6.07, 6.45) is 0. The van der Waals surface area contributed by atoms with Gasteiger partial charge in [0.05, 0.1) is 4.75 Å². The molecule has 1 aliphatic rings. The molecule has 0 aliphatic carbocycles. The summed E-state index contributed by atoms with van der Waals surface area (Å²) in [6, 6.07) is 10.1. The first kappa shape index (κ1) is 13.7. The lowest BCUT2D eigenvalue weighted by molar-refractivity contribution is 0.588. The molecule has 0 spiro atoms. The Labute approximate surface area is 125 Å². The molecule has 1 fully saturated rings. The van der Waals surface area contributed by atoms with Crippen LogP contribution in [0.2, 0.25) is 0 Å². The van der Waals surface area contributed by atoms with Gasteiger partial charge in [0.1, 0.15) is 5.01 Å². The van der Waals surface area contributed by atoms with Crippen LogP contribution in [0.3, 0.4) is 0 Å². The molecule has 6 heteroatoms. The van der Waals surface area contributed by atoms with Crippen molar-refractivity contribution in [2.24, 2.45) is 0 Å². The lowest BCUT2D eigenvalue weighted by Gasteiger charge is -2.36. The Morgan fingerprint density at radius 2 is 2.00 bits per heavy atom. The van der Waals surface area contributed by atoms with E-state index in [1.54, 1.807) is 11.3 Å². The van der Waals surface area contributed by atoms with Crippen LogP contribution in [0.1, 0.15) is 13.8 Å². The lowest BCUT2D eigenvalue weighted by atomic mass is 10.2. The van der Waals surface area contributed by atoms with E-state index in [-0.39, 0.29) is 4.75 Å². The summed E-state index contributed by atoms with van der Waals surface area (Å²) in [5, 5.41) is 10.4. The number of nitrogens with zero attached hydrogens (tertiary/aromatic N) is 3. The maximum atomic E-state index is 12.0. The Morgan fingerprint density at radius 3 is 2.70 bits per heavy atom. The standard InChI is InChI=1S/C14H17N3OS2/c1-14(2)10-17(8-9-20(14)18)13-16-15-12(19-13)11-6-4-3-5-7-11/h3-7H,8-10H2,1-2H3. The molecule has 0 bridgehead atoms. The first-order valence-corrected chi connectivity index (χ1v) is 8.72. The van der Waals surface area contributed by atoms with Crippen molar-refractivity contribution in [1.82, 2.24) is 10.2 Å². The lowest BCUT2D eigenvalue weighted by Crippen LogP contribution is -2.50. The second-order valence-corrected chi connectivity index (χ2v) is 8.65. The molecular weight excluding hydrogens is 290 g/mol. The summed E-state index contributed by atoms with van der Waals surface area (Å²) < 4.78 is 11.8. The van der Waals surface area contributed by atoms with Crippen molar-refractivity contribution < 1.29 is 4.21 Å². The highest BCUT2D eigenvalue weighted by molar-refractivity contribution is 7.86. The normalized spacial score (nSPS) is 21.9. The number of hydrogen-bond donors (Lipinski definition) is 0. The highest BCUT2D eigenvalue weighted by atomic mass is 32.2. The van der Waals surface area contributed by atoms with Gasteiger partial charge in [0.15, 0.2) is 0 Å². The molecule has 0 radical (unpaired) electrons. The molecule has 0 N–H and O–H groups in total. The van der Waals surface area contributed by atoms with E-state index in [4.69, 9.17) is 0 Å². The van der Waals surface area contributed by atoms with Crippen molar-refractivity contribution in [2.45, 2.75) is 18.6 Å². The molecule has 1 unspecified atom stereocenters. The van der Waals surface area contributed by atoms with Crippen LogP contribution in [0.5, 0.6) is 0 Å². The SMILES string of the molecule is CC1(C)CN(c2nnc(-c3ccccc3)s2)CCS1=O. The highest BCUT2D eigenvalue weighted by Crippen LogP contribution is 2.31. The van der Waals surface area contributed by atoms with Crippen molar-refractivity contribution in [2.75, 3.05) is 23.7 Å². The smallest absolute Gasteiger partial charge is 0.208 e. The summed E-state index contributed by atoms with van der Waals surface area (Å²) in [5.74, 6) is 0.702. The molecular formula is C14H17N3OS2. The van der Waals surface area contributed by atoms with Gasteiger partial charge in [-0.3, -0.25) is 4.21 Å². The zero-order chi connectivity index (χ0) is 14.2. The van der Waals surface area contributed by atoms with Crippen LogP contribution in [-0.4, -0.2) is 38.0 Å². The summed E-state index contributed by atoms with van der Waals surface area (Å²) in [5.41, 5.74) is 1.09. The molecule has 2 aromatic rings. The van der Waals surface area contributed by atoms with Crippen LogP contribution >= 0.6 is 11.3 Å². The van der Waals surface area contributed by atoms with Gasteiger partial charge in [0.2, 0.25) is 5.13 Å². The monoisotopic (exact) mass is 307 g/mol. The van der Waals surface area contributed by atoms with Gasteiger partial charge in [-0.1, -0.05) is 41.7 Å². The Bertz CT molecular complexity index is 624. The quantitative estimate of drug-likeness (QED) is 0.855. The van der Waals surface area contributed by atoms with E-state index in [9.17, 15) is 4.21 Å². The van der Waals surface area contributed by atoms with Crippen LogP contribution in [-0.2, 0) is 10.8 Å². The maximum absolute atomic E-state index is 12.0. The molecule has 20 heavy (non-hydrogen) atoms. The van der Waals surface area contributed by atoms with E-state index < -0.39 is 10.8 Å². The van der Waals surface area contributed by atoms with E-state index in [1.165, 1.54) is 0 Å². The predicted octanol–water partition coefficient (Wildman–Crippen LogP) is 2.55. The van der Waals surface area contributed by atoms with Crippen LogP contribution in [0.4, 0.5) is 5.13 Å². The minimum atomic E-state index is -0.759. The molecule has 1 saturated heterocycles. The number of anilines is 1. The van der Waals surface area contributed by atoms with Crippen LogP contribution < -0.4 is 4.90 Å². The predicted molar refractivity (Wildman–Crippen MR) is 84.6 cm³/mol. The molecule has 1 atom stereocenters. The Hall–Kier alpha value is -1.27. The maximum Gasteiger partial charge on any atom is 0.208 e. The summed E-state index contributed by atoms with van der Waals surface area (Å²) in [4.78, 5) is 2.20. The topological polar surface area (TPSA) is 46.1 Å². The van der Waals surface area contributed by atoms with Gasteiger partial charge in [-0.15, -0.1) is 10.2 Å². The summed E-state index contributed by atoms with van der Waals surface area (Å²) in [7, 11) is -0.759. The average Bonchev–Trinajstić information content (AvgIpc) is 2.92. The number of benzene rings is 1. The Morgan fingerprint density at radius 1 is 1.25 bits per heavy atom. The minimum Gasteiger partial charge on any atom is -0.344 e. The fraction of sp³-hybridized carbons (Fsp3) is 0.429.